The van der Waals surface area contributed by atoms with Gasteiger partial charge in [-0.3, -0.25) is 9.59 Å². The molecule has 5 nitrogen and oxygen atoms in total. The molecule has 1 aromatic carbocycles. The Hall–Kier alpha value is -1.95. The fourth-order valence-corrected chi connectivity index (χ4v) is 3.43. The monoisotopic (exact) mass is 303 g/mol. The number of nitrogens with one attached hydrogen (secondary N) is 1. The van der Waals surface area contributed by atoms with Gasteiger partial charge < -0.3 is 10.2 Å². The van der Waals surface area contributed by atoms with Gasteiger partial charge in [0.1, 0.15) is 0 Å². The van der Waals surface area contributed by atoms with Crippen LogP contribution >= 0.6 is 11.3 Å². The van der Waals surface area contributed by atoms with Crippen molar-refractivity contribution in [1.82, 2.24) is 9.88 Å². The molecule has 1 aliphatic rings. The summed E-state index contributed by atoms with van der Waals surface area (Å²) in [6.45, 7) is 2.82. The van der Waals surface area contributed by atoms with Crippen molar-refractivity contribution in [1.29, 1.82) is 0 Å². The predicted octanol–water partition coefficient (Wildman–Crippen LogP) is 2.56. The van der Waals surface area contributed by atoms with Gasteiger partial charge in [-0.25, -0.2) is 4.98 Å². The van der Waals surface area contributed by atoms with Gasteiger partial charge in [0.25, 0.3) is 0 Å². The number of aromatic nitrogens is 1. The van der Waals surface area contributed by atoms with Crippen LogP contribution in [0.3, 0.4) is 0 Å². The molecule has 1 aliphatic heterocycles. The van der Waals surface area contributed by atoms with Crippen LogP contribution in [0.1, 0.15) is 24.8 Å². The molecule has 0 unspecified atom stereocenters. The van der Waals surface area contributed by atoms with Crippen LogP contribution in [-0.4, -0.2) is 34.8 Å². The molecule has 1 saturated heterocycles. The lowest BCUT2D eigenvalue weighted by Crippen LogP contribution is -2.40. The third-order valence-electron chi connectivity index (χ3n) is 3.55. The van der Waals surface area contributed by atoms with Crippen LogP contribution < -0.4 is 5.32 Å². The van der Waals surface area contributed by atoms with Crippen LogP contribution in [0.25, 0.3) is 10.2 Å². The Morgan fingerprint density at radius 1 is 1.43 bits per heavy atom. The van der Waals surface area contributed by atoms with E-state index >= 15 is 0 Å². The number of nitrogens with zero attached hydrogens (tertiary/aromatic N) is 2. The van der Waals surface area contributed by atoms with Gasteiger partial charge in [0.2, 0.25) is 11.8 Å². The van der Waals surface area contributed by atoms with Crippen LogP contribution in [0.15, 0.2) is 18.2 Å². The van der Waals surface area contributed by atoms with Crippen molar-refractivity contribution in [2.75, 3.05) is 18.4 Å². The smallest absolute Gasteiger partial charge is 0.245 e. The lowest BCUT2D eigenvalue weighted by molar-refractivity contribution is -0.136. The predicted molar refractivity (Wildman–Crippen MR) is 83.4 cm³/mol. The van der Waals surface area contributed by atoms with E-state index < -0.39 is 0 Å². The number of aryl methyl sites for hydroxylation is 1. The summed E-state index contributed by atoms with van der Waals surface area (Å²) in [5, 5.41) is 3.38. The van der Waals surface area contributed by atoms with Crippen molar-refractivity contribution in [3.05, 3.63) is 23.8 Å². The Labute approximate surface area is 127 Å². The molecule has 1 N–H and O–H groups in total. The highest BCUT2D eigenvalue weighted by Gasteiger charge is 2.20. The van der Waals surface area contributed by atoms with E-state index in [0.29, 0.717) is 18.1 Å². The second kappa shape index (κ2) is 5.81. The molecule has 6 heteroatoms. The van der Waals surface area contributed by atoms with Crippen LogP contribution in [0.5, 0.6) is 0 Å². The molecule has 0 saturated carbocycles. The molecule has 21 heavy (non-hydrogen) atoms. The molecule has 0 spiro atoms. The van der Waals surface area contributed by atoms with Gasteiger partial charge in [-0.05, 0) is 37.5 Å². The minimum absolute atomic E-state index is 0.0660. The number of rotatable bonds is 3. The molecule has 2 amide bonds. The summed E-state index contributed by atoms with van der Waals surface area (Å²) in [5.74, 6) is -0.114. The molecule has 3 rings (SSSR count). The van der Waals surface area contributed by atoms with Crippen molar-refractivity contribution < 1.29 is 9.59 Å². The quantitative estimate of drug-likeness (QED) is 0.948. The molecule has 2 aromatic rings. The number of carbonyl (C=O) groups is 2. The van der Waals surface area contributed by atoms with Crippen molar-refractivity contribution in [3.8, 4) is 0 Å². The summed E-state index contributed by atoms with van der Waals surface area (Å²) in [6, 6.07) is 6.00. The van der Waals surface area contributed by atoms with Gasteiger partial charge in [-0.1, -0.05) is 17.4 Å². The van der Waals surface area contributed by atoms with Crippen molar-refractivity contribution in [2.24, 2.45) is 0 Å². The fourth-order valence-electron chi connectivity index (χ4n) is 2.45. The maximum absolute atomic E-state index is 12.0. The summed E-state index contributed by atoms with van der Waals surface area (Å²) in [6.07, 6.45) is 2.45. The Morgan fingerprint density at radius 3 is 3.10 bits per heavy atom. The molecule has 0 aliphatic carbocycles. The molecule has 0 atom stereocenters. The average Bonchev–Trinajstić information content (AvgIpc) is 2.82. The zero-order valence-corrected chi connectivity index (χ0v) is 12.7. The van der Waals surface area contributed by atoms with Gasteiger partial charge in [0.05, 0.1) is 16.8 Å². The Balaban J connectivity index is 1.66. The number of amides is 2. The maximum Gasteiger partial charge on any atom is 0.245 e. The van der Waals surface area contributed by atoms with Crippen LogP contribution in [0.4, 0.5) is 5.13 Å². The first kappa shape index (κ1) is 14.0. The highest BCUT2D eigenvalue weighted by molar-refractivity contribution is 7.22. The third-order valence-corrected chi connectivity index (χ3v) is 4.48. The highest BCUT2D eigenvalue weighted by atomic mass is 32.1. The van der Waals surface area contributed by atoms with E-state index in [2.05, 4.69) is 16.4 Å². The molecule has 2 heterocycles. The summed E-state index contributed by atoms with van der Waals surface area (Å²) in [5.41, 5.74) is 2.05. The molecule has 1 aromatic heterocycles. The van der Waals surface area contributed by atoms with Crippen LogP contribution in [-0.2, 0) is 9.59 Å². The van der Waals surface area contributed by atoms with Crippen LogP contribution in [0.2, 0.25) is 0 Å². The van der Waals surface area contributed by atoms with Gasteiger partial charge in [0.15, 0.2) is 5.13 Å². The first-order valence-corrected chi connectivity index (χ1v) is 7.88. The lowest BCUT2D eigenvalue weighted by atomic mass is 10.1. The maximum atomic E-state index is 12.0. The number of carbonyl (C=O) groups excluding carboxylic acids is 2. The Morgan fingerprint density at radius 2 is 2.29 bits per heavy atom. The SMILES string of the molecule is Cc1ccc2nc(NC(=O)CN3CCCCC3=O)sc2c1. The summed E-state index contributed by atoms with van der Waals surface area (Å²) < 4.78 is 1.05. The Kier molecular flexibility index (Phi) is 3.88. The average molecular weight is 303 g/mol. The number of hydrogen-bond donors (Lipinski definition) is 1. The number of benzene rings is 1. The zero-order chi connectivity index (χ0) is 14.8. The molecule has 1 fully saturated rings. The van der Waals surface area contributed by atoms with E-state index in [0.717, 1.165) is 23.1 Å². The number of hydrogen-bond acceptors (Lipinski definition) is 4. The lowest BCUT2D eigenvalue weighted by Gasteiger charge is -2.25. The molecular weight excluding hydrogens is 286 g/mol. The number of likely N-dealkylation sites (tertiary alicyclic amines) is 1. The zero-order valence-electron chi connectivity index (χ0n) is 11.9. The van der Waals surface area contributed by atoms with E-state index in [1.165, 1.54) is 16.9 Å². The third kappa shape index (κ3) is 3.21. The molecule has 110 valence electrons. The minimum atomic E-state index is -0.180. The molecular formula is C15H17N3O2S. The highest BCUT2D eigenvalue weighted by Crippen LogP contribution is 2.26. The molecule has 0 bridgehead atoms. The standard InChI is InChI=1S/C15H17N3O2S/c1-10-5-6-11-12(8-10)21-15(16-11)17-13(19)9-18-7-3-2-4-14(18)20/h5-6,8H,2-4,7,9H2,1H3,(H,16,17,19). The summed E-state index contributed by atoms with van der Waals surface area (Å²) >= 11 is 1.46. The largest absolute Gasteiger partial charge is 0.333 e. The summed E-state index contributed by atoms with van der Waals surface area (Å²) in [7, 11) is 0. The van der Waals surface area contributed by atoms with Crippen molar-refractivity contribution >= 4 is 38.5 Å². The number of anilines is 1. The van der Waals surface area contributed by atoms with E-state index in [-0.39, 0.29) is 18.4 Å². The first-order chi connectivity index (χ1) is 10.1. The first-order valence-electron chi connectivity index (χ1n) is 7.06. The van der Waals surface area contributed by atoms with Gasteiger partial charge in [-0.15, -0.1) is 0 Å². The second-order valence-corrected chi connectivity index (χ2v) is 6.34. The number of piperidine rings is 1. The second-order valence-electron chi connectivity index (χ2n) is 5.31. The topological polar surface area (TPSA) is 62.3 Å². The Bertz CT molecular complexity index is 695. The van der Waals surface area contributed by atoms with E-state index in [1.807, 2.05) is 19.1 Å². The van der Waals surface area contributed by atoms with Crippen LogP contribution in [0, 0.1) is 6.92 Å². The van der Waals surface area contributed by atoms with E-state index in [1.54, 1.807) is 4.90 Å². The molecule has 0 radical (unpaired) electrons. The van der Waals surface area contributed by atoms with Gasteiger partial charge in [0, 0.05) is 13.0 Å². The number of fused-ring (bicyclic) bond motifs is 1. The minimum Gasteiger partial charge on any atom is -0.333 e. The number of thiazole rings is 1. The summed E-state index contributed by atoms with van der Waals surface area (Å²) in [4.78, 5) is 29.7. The van der Waals surface area contributed by atoms with E-state index in [9.17, 15) is 9.59 Å². The van der Waals surface area contributed by atoms with Gasteiger partial charge in [-0.2, -0.15) is 0 Å². The fraction of sp³-hybridized carbons (Fsp3) is 0.400. The van der Waals surface area contributed by atoms with Crippen molar-refractivity contribution in [3.63, 3.8) is 0 Å². The normalized spacial score (nSPS) is 15.5. The van der Waals surface area contributed by atoms with Gasteiger partial charge >= 0.3 is 0 Å². The van der Waals surface area contributed by atoms with E-state index in [4.69, 9.17) is 0 Å². The van der Waals surface area contributed by atoms with Crippen molar-refractivity contribution in [2.45, 2.75) is 26.2 Å².